The van der Waals surface area contributed by atoms with Crippen LogP contribution in [0.5, 0.6) is 0 Å². The van der Waals surface area contributed by atoms with Crippen molar-refractivity contribution in [3.8, 4) is 0 Å². The van der Waals surface area contributed by atoms with Crippen molar-refractivity contribution in [1.82, 2.24) is 15.6 Å². The van der Waals surface area contributed by atoms with Gasteiger partial charge in [-0.05, 0) is 12.8 Å². The molecule has 1 aliphatic rings. The maximum atomic E-state index is 4.69. The Morgan fingerprint density at radius 2 is 2.05 bits per heavy atom. The molecule has 1 saturated carbocycles. The fourth-order valence-corrected chi connectivity index (χ4v) is 3.31. The minimum Gasteiger partial charge on any atom is -0.354 e. The van der Waals surface area contributed by atoms with Crippen LogP contribution in [0.25, 0.3) is 0 Å². The first-order valence-electron chi connectivity index (χ1n) is 7.41. The van der Waals surface area contributed by atoms with Crippen LogP contribution in [0, 0.1) is 0 Å². The Morgan fingerprint density at radius 1 is 1.38 bits per heavy atom. The predicted octanol–water partition coefficient (Wildman–Crippen LogP) is 3.67. The van der Waals surface area contributed by atoms with Gasteiger partial charge in [0.25, 0.3) is 0 Å². The second kappa shape index (κ2) is 8.31. The van der Waals surface area contributed by atoms with Gasteiger partial charge in [-0.3, -0.25) is 4.99 Å². The summed E-state index contributed by atoms with van der Waals surface area (Å²) in [6.07, 6.45) is 5.17. The van der Waals surface area contributed by atoms with Crippen LogP contribution in [0.3, 0.4) is 0 Å². The Hall–Kier alpha value is -0.370. The fourth-order valence-electron chi connectivity index (χ4n) is 2.35. The number of halogens is 1. The molecule has 0 aromatic carbocycles. The molecule has 0 spiro atoms. The van der Waals surface area contributed by atoms with Gasteiger partial charge in [0.1, 0.15) is 5.01 Å². The molecule has 0 unspecified atom stereocenters. The first kappa shape index (κ1) is 18.7. The van der Waals surface area contributed by atoms with Gasteiger partial charge >= 0.3 is 0 Å². The number of thiazole rings is 1. The van der Waals surface area contributed by atoms with Gasteiger partial charge < -0.3 is 10.6 Å². The summed E-state index contributed by atoms with van der Waals surface area (Å²) < 4.78 is 0. The highest BCUT2D eigenvalue weighted by molar-refractivity contribution is 14.0. The summed E-state index contributed by atoms with van der Waals surface area (Å²) in [6, 6.07) is 0.586. The van der Waals surface area contributed by atoms with E-state index in [0.717, 1.165) is 23.2 Å². The van der Waals surface area contributed by atoms with E-state index in [9.17, 15) is 0 Å². The highest BCUT2D eigenvalue weighted by atomic mass is 127. The summed E-state index contributed by atoms with van der Waals surface area (Å²) in [5.41, 5.74) is 1.29. The van der Waals surface area contributed by atoms with E-state index in [0.29, 0.717) is 6.04 Å². The Bertz CT molecular complexity index is 458. The summed E-state index contributed by atoms with van der Waals surface area (Å²) >= 11 is 1.72. The molecule has 1 aliphatic carbocycles. The van der Waals surface area contributed by atoms with Gasteiger partial charge in [0.2, 0.25) is 0 Å². The van der Waals surface area contributed by atoms with E-state index in [4.69, 9.17) is 4.98 Å². The van der Waals surface area contributed by atoms with Crippen LogP contribution >= 0.6 is 35.3 Å². The molecule has 0 amide bonds. The van der Waals surface area contributed by atoms with Crippen molar-refractivity contribution in [2.75, 3.05) is 7.05 Å². The zero-order chi connectivity index (χ0) is 14.6. The van der Waals surface area contributed by atoms with Crippen LogP contribution in [0.2, 0.25) is 0 Å². The van der Waals surface area contributed by atoms with E-state index in [1.165, 1.54) is 25.7 Å². The van der Waals surface area contributed by atoms with Gasteiger partial charge in [-0.15, -0.1) is 35.3 Å². The average molecular weight is 422 g/mol. The van der Waals surface area contributed by atoms with Gasteiger partial charge in [0, 0.05) is 23.9 Å². The molecule has 6 heteroatoms. The standard InChI is InChI=1S/C15H26N4S.HI/c1-15(2,3)12-10-20-13(19-12)9-17-14(16-4)18-11-7-5-6-8-11;/h10-11H,5-9H2,1-4H3,(H2,16,17,18);1H. The van der Waals surface area contributed by atoms with E-state index in [-0.39, 0.29) is 29.4 Å². The van der Waals surface area contributed by atoms with E-state index >= 15 is 0 Å². The molecule has 1 aromatic rings. The topological polar surface area (TPSA) is 49.3 Å². The molecule has 0 aliphatic heterocycles. The van der Waals surface area contributed by atoms with Crippen LogP contribution in [-0.4, -0.2) is 24.0 Å². The van der Waals surface area contributed by atoms with Crippen molar-refractivity contribution in [3.63, 3.8) is 0 Å². The van der Waals surface area contributed by atoms with Gasteiger partial charge in [0.05, 0.1) is 12.2 Å². The highest BCUT2D eigenvalue weighted by Gasteiger charge is 2.18. The summed E-state index contributed by atoms with van der Waals surface area (Å²) in [6.45, 7) is 7.33. The zero-order valence-electron chi connectivity index (χ0n) is 13.4. The number of rotatable bonds is 3. The molecule has 0 radical (unpaired) electrons. The molecule has 1 fully saturated rings. The first-order chi connectivity index (χ1) is 9.49. The Morgan fingerprint density at radius 3 is 2.57 bits per heavy atom. The number of aromatic nitrogens is 1. The first-order valence-corrected chi connectivity index (χ1v) is 8.29. The molecule has 120 valence electrons. The maximum absolute atomic E-state index is 4.69. The van der Waals surface area contributed by atoms with E-state index < -0.39 is 0 Å². The van der Waals surface area contributed by atoms with Crippen molar-refractivity contribution < 1.29 is 0 Å². The number of nitrogens with zero attached hydrogens (tertiary/aromatic N) is 2. The molecule has 2 rings (SSSR count). The molecular formula is C15H27IN4S. The van der Waals surface area contributed by atoms with Crippen molar-refractivity contribution in [1.29, 1.82) is 0 Å². The number of hydrogen-bond donors (Lipinski definition) is 2. The maximum Gasteiger partial charge on any atom is 0.191 e. The van der Waals surface area contributed by atoms with Gasteiger partial charge in [-0.2, -0.15) is 0 Å². The normalized spacial score (nSPS) is 16.7. The lowest BCUT2D eigenvalue weighted by Crippen LogP contribution is -2.41. The van der Waals surface area contributed by atoms with E-state index in [1.807, 2.05) is 7.05 Å². The zero-order valence-corrected chi connectivity index (χ0v) is 16.5. The largest absolute Gasteiger partial charge is 0.354 e. The van der Waals surface area contributed by atoms with Crippen LogP contribution in [-0.2, 0) is 12.0 Å². The smallest absolute Gasteiger partial charge is 0.191 e. The van der Waals surface area contributed by atoms with Crippen LogP contribution < -0.4 is 10.6 Å². The lowest BCUT2D eigenvalue weighted by molar-refractivity contribution is 0.570. The van der Waals surface area contributed by atoms with Crippen molar-refractivity contribution >= 4 is 41.3 Å². The molecule has 21 heavy (non-hydrogen) atoms. The van der Waals surface area contributed by atoms with E-state index in [2.05, 4.69) is 41.8 Å². The number of aliphatic imine (C=N–C) groups is 1. The lowest BCUT2D eigenvalue weighted by atomic mass is 9.93. The van der Waals surface area contributed by atoms with Crippen LogP contribution in [0.1, 0.15) is 57.2 Å². The van der Waals surface area contributed by atoms with Gasteiger partial charge in [0.15, 0.2) is 5.96 Å². The summed E-state index contributed by atoms with van der Waals surface area (Å²) in [4.78, 5) is 8.99. The minimum absolute atomic E-state index is 0. The molecule has 4 nitrogen and oxygen atoms in total. The monoisotopic (exact) mass is 422 g/mol. The second-order valence-corrected chi connectivity index (χ2v) is 7.37. The molecule has 2 N–H and O–H groups in total. The second-order valence-electron chi connectivity index (χ2n) is 6.43. The molecule has 0 atom stereocenters. The number of guanidine groups is 1. The molecule has 1 aromatic heterocycles. The number of nitrogens with one attached hydrogen (secondary N) is 2. The summed E-state index contributed by atoms with van der Waals surface area (Å²) in [5, 5.41) is 10.1. The number of hydrogen-bond acceptors (Lipinski definition) is 3. The fraction of sp³-hybridized carbons (Fsp3) is 0.733. The Kier molecular flexibility index (Phi) is 7.39. The molecule has 1 heterocycles. The van der Waals surface area contributed by atoms with Gasteiger partial charge in [-0.1, -0.05) is 33.6 Å². The van der Waals surface area contributed by atoms with Crippen molar-refractivity contribution in [2.45, 2.75) is 64.5 Å². The average Bonchev–Trinajstić information content (AvgIpc) is 3.04. The third-order valence-corrected chi connectivity index (χ3v) is 4.50. The highest BCUT2D eigenvalue weighted by Crippen LogP contribution is 2.23. The molecule has 0 bridgehead atoms. The quantitative estimate of drug-likeness (QED) is 0.444. The molecular weight excluding hydrogens is 395 g/mol. The Balaban J connectivity index is 0.00000220. The summed E-state index contributed by atoms with van der Waals surface area (Å²) in [7, 11) is 1.83. The SMILES string of the molecule is CN=C(NCc1nc(C(C)(C)C)cs1)NC1CCCC1.I. The van der Waals surface area contributed by atoms with Crippen molar-refractivity contribution in [2.24, 2.45) is 4.99 Å². The van der Waals surface area contributed by atoms with Crippen molar-refractivity contribution in [3.05, 3.63) is 16.1 Å². The molecule has 0 saturated heterocycles. The minimum atomic E-state index is 0. The van der Waals surface area contributed by atoms with Crippen LogP contribution in [0.15, 0.2) is 10.4 Å². The Labute approximate surface area is 149 Å². The lowest BCUT2D eigenvalue weighted by Gasteiger charge is -2.16. The third-order valence-electron chi connectivity index (χ3n) is 3.65. The third kappa shape index (κ3) is 5.73. The van der Waals surface area contributed by atoms with E-state index in [1.54, 1.807) is 11.3 Å². The van der Waals surface area contributed by atoms with Gasteiger partial charge in [-0.25, -0.2) is 4.98 Å². The predicted molar refractivity (Wildman–Crippen MR) is 102 cm³/mol. The van der Waals surface area contributed by atoms with Crippen LogP contribution in [0.4, 0.5) is 0 Å². The summed E-state index contributed by atoms with van der Waals surface area (Å²) in [5.74, 6) is 0.893.